The second kappa shape index (κ2) is 12.2. The van der Waals surface area contributed by atoms with Crippen molar-refractivity contribution in [3.05, 3.63) is 40.1 Å². The molecule has 0 spiro atoms. The van der Waals surface area contributed by atoms with E-state index in [0.29, 0.717) is 0 Å². The minimum Gasteiger partial charge on any atom is -0.356 e. The largest absolute Gasteiger partial charge is 0.356 e. The molecule has 0 radical (unpaired) electrons. The highest BCUT2D eigenvalue weighted by Gasteiger charge is 2.21. The van der Waals surface area contributed by atoms with Crippen molar-refractivity contribution < 1.29 is 0 Å². The van der Waals surface area contributed by atoms with E-state index in [1.807, 2.05) is 30.7 Å². The monoisotopic (exact) mass is 545 g/mol. The van der Waals surface area contributed by atoms with Crippen molar-refractivity contribution in [2.24, 2.45) is 4.99 Å². The van der Waals surface area contributed by atoms with Crippen LogP contribution in [0.2, 0.25) is 0 Å². The highest BCUT2D eigenvalue weighted by molar-refractivity contribution is 14.0. The lowest BCUT2D eigenvalue weighted by molar-refractivity contribution is 0.371. The second-order valence-electron chi connectivity index (χ2n) is 7.16. The Kier molecular flexibility index (Phi) is 10.0. The number of nitrogens with one attached hydrogen (secondary N) is 1. The van der Waals surface area contributed by atoms with Crippen LogP contribution < -0.4 is 15.8 Å². The van der Waals surface area contributed by atoms with Gasteiger partial charge in [0.2, 0.25) is 5.13 Å². The van der Waals surface area contributed by atoms with Crippen molar-refractivity contribution in [1.29, 1.82) is 0 Å². The lowest BCUT2D eigenvalue weighted by atomic mass is 10.2. The number of anilines is 1. The Hall–Kier alpha value is -1.69. The Labute approximate surface area is 199 Å². The quantitative estimate of drug-likeness (QED) is 0.249. The Balaban J connectivity index is 0.00000320. The van der Waals surface area contributed by atoms with Crippen molar-refractivity contribution in [1.82, 2.24) is 24.1 Å². The van der Waals surface area contributed by atoms with Gasteiger partial charge in [0.15, 0.2) is 5.96 Å². The summed E-state index contributed by atoms with van der Waals surface area (Å²) in [6.45, 7) is 9.35. The van der Waals surface area contributed by atoms with E-state index in [1.165, 1.54) is 11.5 Å². The zero-order valence-electron chi connectivity index (χ0n) is 18.0. The molecule has 3 rings (SSSR count). The number of nitrogens with zero attached hydrogens (tertiary/aromatic N) is 6. The van der Waals surface area contributed by atoms with Gasteiger partial charge >= 0.3 is 0 Å². The summed E-state index contributed by atoms with van der Waals surface area (Å²) in [6, 6.07) is 5.41. The Morgan fingerprint density at radius 2 is 2.00 bits per heavy atom. The minimum absolute atomic E-state index is 0. The fourth-order valence-corrected chi connectivity index (χ4v) is 4.26. The predicted molar refractivity (Wildman–Crippen MR) is 135 cm³/mol. The number of hydrogen-bond donors (Lipinski definition) is 1. The second-order valence-corrected chi connectivity index (χ2v) is 7.89. The molecule has 8 nitrogen and oxygen atoms in total. The molecule has 3 heterocycles. The molecule has 1 aliphatic heterocycles. The zero-order valence-corrected chi connectivity index (χ0v) is 21.2. The van der Waals surface area contributed by atoms with Gasteiger partial charge < -0.3 is 19.7 Å². The van der Waals surface area contributed by atoms with Crippen molar-refractivity contribution in [3.63, 3.8) is 0 Å². The standard InChI is InChI=1S/C20H31N7OS.HI/c1-4-17-23-20(29-24-17)26-14-12-25(13-15-26)19(21-3)22-10-5-6-11-27-16(2)8-7-9-18(27)28;/h7-9H,4-6,10-15H2,1-3H3,(H,21,22);1H. The molecule has 1 N–H and O–H groups in total. The average molecular weight is 545 g/mol. The molecule has 0 amide bonds. The molecule has 2 aromatic heterocycles. The lowest BCUT2D eigenvalue weighted by Gasteiger charge is -2.36. The van der Waals surface area contributed by atoms with Crippen LogP contribution in [0.3, 0.4) is 0 Å². The van der Waals surface area contributed by atoms with E-state index in [0.717, 1.165) is 81.1 Å². The summed E-state index contributed by atoms with van der Waals surface area (Å²) in [5, 5.41) is 4.49. The number of rotatable bonds is 7. The van der Waals surface area contributed by atoms with Crippen molar-refractivity contribution in [2.75, 3.05) is 44.7 Å². The average Bonchev–Trinajstić information content (AvgIpc) is 3.22. The third kappa shape index (κ3) is 6.40. The molecule has 10 heteroatoms. The van der Waals surface area contributed by atoms with Crippen LogP contribution >= 0.6 is 35.5 Å². The molecular weight excluding hydrogens is 513 g/mol. The fraction of sp³-hybridized carbons (Fsp3) is 0.600. The summed E-state index contributed by atoms with van der Waals surface area (Å²) in [7, 11) is 1.83. The van der Waals surface area contributed by atoms with E-state index in [2.05, 4.69) is 36.4 Å². The Morgan fingerprint density at radius 3 is 2.63 bits per heavy atom. The van der Waals surface area contributed by atoms with Gasteiger partial charge in [-0.15, -0.1) is 24.0 Å². The zero-order chi connectivity index (χ0) is 20.6. The van der Waals surface area contributed by atoms with Crippen LogP contribution in [0.4, 0.5) is 5.13 Å². The first-order valence-electron chi connectivity index (χ1n) is 10.3. The van der Waals surface area contributed by atoms with E-state index in [9.17, 15) is 4.79 Å². The number of unbranched alkanes of at least 4 members (excludes halogenated alkanes) is 1. The number of aliphatic imine (C=N–C) groups is 1. The van der Waals surface area contributed by atoms with E-state index < -0.39 is 0 Å². The van der Waals surface area contributed by atoms with E-state index >= 15 is 0 Å². The van der Waals surface area contributed by atoms with Crippen LogP contribution in [0.1, 0.15) is 31.3 Å². The molecule has 0 saturated carbocycles. The summed E-state index contributed by atoms with van der Waals surface area (Å²) in [5.41, 5.74) is 1.09. The summed E-state index contributed by atoms with van der Waals surface area (Å²) in [5.74, 6) is 1.88. The van der Waals surface area contributed by atoms with Gasteiger partial charge in [-0.2, -0.15) is 4.37 Å². The van der Waals surface area contributed by atoms with Crippen molar-refractivity contribution in [2.45, 2.75) is 39.7 Å². The maximum absolute atomic E-state index is 11.9. The van der Waals surface area contributed by atoms with Crippen LogP contribution in [0.25, 0.3) is 0 Å². The maximum Gasteiger partial charge on any atom is 0.250 e. The summed E-state index contributed by atoms with van der Waals surface area (Å²) in [4.78, 5) is 25.6. The Morgan fingerprint density at radius 1 is 1.23 bits per heavy atom. The topological polar surface area (TPSA) is 78.7 Å². The summed E-state index contributed by atoms with van der Waals surface area (Å²) < 4.78 is 6.23. The van der Waals surface area contributed by atoms with Crippen LogP contribution in [0.15, 0.2) is 28.0 Å². The first-order chi connectivity index (χ1) is 14.1. The highest BCUT2D eigenvalue weighted by atomic mass is 127. The molecule has 30 heavy (non-hydrogen) atoms. The molecule has 1 fully saturated rings. The third-order valence-electron chi connectivity index (χ3n) is 5.19. The third-order valence-corrected chi connectivity index (χ3v) is 6.01. The molecule has 0 unspecified atom stereocenters. The highest BCUT2D eigenvalue weighted by Crippen LogP contribution is 2.19. The summed E-state index contributed by atoms with van der Waals surface area (Å²) >= 11 is 1.49. The smallest absolute Gasteiger partial charge is 0.250 e. The number of halogens is 1. The van der Waals surface area contributed by atoms with Gasteiger partial charge in [0.05, 0.1) is 0 Å². The first kappa shape index (κ1) is 24.6. The molecule has 0 bridgehead atoms. The molecule has 166 valence electrons. The number of guanidine groups is 1. The molecule has 0 atom stereocenters. The van der Waals surface area contributed by atoms with Gasteiger partial charge in [0.1, 0.15) is 5.82 Å². The van der Waals surface area contributed by atoms with Crippen molar-refractivity contribution in [3.8, 4) is 0 Å². The fourth-order valence-electron chi connectivity index (χ4n) is 3.46. The van der Waals surface area contributed by atoms with Crippen LogP contribution in [0.5, 0.6) is 0 Å². The van der Waals surface area contributed by atoms with Crippen LogP contribution in [-0.4, -0.2) is 64.6 Å². The van der Waals surface area contributed by atoms with E-state index in [-0.39, 0.29) is 29.5 Å². The molecular formula is C20H32IN7OS. The molecule has 1 saturated heterocycles. The SMILES string of the molecule is CCc1nsc(N2CCN(C(=NC)NCCCCn3c(C)cccc3=O)CC2)n1.I. The number of aromatic nitrogens is 3. The van der Waals surface area contributed by atoms with Gasteiger partial charge in [0, 0.05) is 76.0 Å². The number of hydrogen-bond acceptors (Lipinski definition) is 6. The minimum atomic E-state index is 0. The van der Waals surface area contributed by atoms with Crippen LogP contribution in [-0.2, 0) is 13.0 Å². The van der Waals surface area contributed by atoms with E-state index in [4.69, 9.17) is 0 Å². The molecule has 0 aromatic carbocycles. The predicted octanol–water partition coefficient (Wildman–Crippen LogP) is 2.37. The molecule has 2 aromatic rings. The number of piperazine rings is 1. The number of aryl methyl sites for hydroxylation is 2. The van der Waals surface area contributed by atoms with Crippen LogP contribution in [0, 0.1) is 6.92 Å². The molecule has 0 aliphatic carbocycles. The normalized spacial score (nSPS) is 14.6. The summed E-state index contributed by atoms with van der Waals surface area (Å²) in [6.07, 6.45) is 2.83. The maximum atomic E-state index is 11.9. The lowest BCUT2D eigenvalue weighted by Crippen LogP contribution is -2.52. The van der Waals surface area contributed by atoms with Gasteiger partial charge in [-0.1, -0.05) is 13.0 Å². The van der Waals surface area contributed by atoms with Crippen molar-refractivity contribution >= 4 is 46.6 Å². The van der Waals surface area contributed by atoms with Gasteiger partial charge in [-0.3, -0.25) is 9.79 Å². The molecule has 1 aliphatic rings. The van der Waals surface area contributed by atoms with E-state index in [1.54, 1.807) is 6.07 Å². The van der Waals surface area contributed by atoms with Gasteiger partial charge in [-0.25, -0.2) is 4.98 Å². The number of pyridine rings is 1. The van der Waals surface area contributed by atoms with Gasteiger partial charge in [-0.05, 0) is 25.8 Å². The first-order valence-corrected chi connectivity index (χ1v) is 11.1. The Bertz CT molecular complexity index is 874. The van der Waals surface area contributed by atoms with Gasteiger partial charge in [0.25, 0.3) is 5.56 Å².